The summed E-state index contributed by atoms with van der Waals surface area (Å²) in [5.74, 6) is 0.0826. The molecular weight excluding hydrogens is 304 g/mol. The van der Waals surface area contributed by atoms with E-state index < -0.39 is 0 Å². The smallest absolute Gasteiger partial charge is 0.227 e. The Bertz CT molecular complexity index is 432. The van der Waals surface area contributed by atoms with Crippen molar-refractivity contribution >= 4 is 27.5 Å². The van der Waals surface area contributed by atoms with Gasteiger partial charge in [0.2, 0.25) is 5.91 Å². The first kappa shape index (κ1) is 16.2. The highest BCUT2D eigenvalue weighted by atomic mass is 79.9. The van der Waals surface area contributed by atoms with E-state index in [9.17, 15) is 4.79 Å². The maximum absolute atomic E-state index is 12.0. The van der Waals surface area contributed by atoms with Crippen LogP contribution in [-0.2, 0) is 4.79 Å². The molecule has 0 aliphatic heterocycles. The number of anilines is 1. The van der Waals surface area contributed by atoms with E-state index in [-0.39, 0.29) is 17.9 Å². The Kier molecular flexibility index (Phi) is 6.52. The predicted molar refractivity (Wildman–Crippen MR) is 84.2 cm³/mol. The van der Waals surface area contributed by atoms with Gasteiger partial charge in [0.15, 0.2) is 0 Å². The minimum atomic E-state index is 0.0128. The van der Waals surface area contributed by atoms with Crippen LogP contribution in [0.2, 0.25) is 0 Å². The summed E-state index contributed by atoms with van der Waals surface area (Å²) in [6.07, 6.45) is 2.83. The van der Waals surface area contributed by atoms with Crippen molar-refractivity contribution in [2.45, 2.75) is 46.1 Å². The van der Waals surface area contributed by atoms with E-state index in [2.05, 4.69) is 21.2 Å². The standard InChI is InChI=1S/C15H23BrN2O/c1-10-7-8-13(9-14(10)16)18-15(19)11(2)5-4-6-12(3)17/h7-9,11-12H,4-6,17H2,1-3H3,(H,18,19). The van der Waals surface area contributed by atoms with E-state index in [1.165, 1.54) is 0 Å². The Morgan fingerprint density at radius 3 is 2.63 bits per heavy atom. The van der Waals surface area contributed by atoms with E-state index in [0.717, 1.165) is 35.0 Å². The molecule has 0 spiro atoms. The van der Waals surface area contributed by atoms with Gasteiger partial charge in [0, 0.05) is 22.1 Å². The molecule has 0 saturated heterocycles. The van der Waals surface area contributed by atoms with Crippen molar-refractivity contribution in [2.24, 2.45) is 11.7 Å². The third-order valence-corrected chi connectivity index (χ3v) is 4.04. The summed E-state index contributed by atoms with van der Waals surface area (Å²) in [6.45, 7) is 5.97. The fraction of sp³-hybridized carbons (Fsp3) is 0.533. The Morgan fingerprint density at radius 1 is 1.37 bits per heavy atom. The lowest BCUT2D eigenvalue weighted by Gasteiger charge is -2.13. The van der Waals surface area contributed by atoms with Gasteiger partial charge in [0.1, 0.15) is 0 Å². The first-order chi connectivity index (χ1) is 8.90. The normalized spacial score (nSPS) is 13.9. The van der Waals surface area contributed by atoms with Gasteiger partial charge in [-0.05, 0) is 44.4 Å². The highest BCUT2D eigenvalue weighted by molar-refractivity contribution is 9.10. The van der Waals surface area contributed by atoms with Gasteiger partial charge in [-0.15, -0.1) is 0 Å². The third-order valence-electron chi connectivity index (χ3n) is 3.18. The van der Waals surface area contributed by atoms with Gasteiger partial charge >= 0.3 is 0 Å². The second-order valence-electron chi connectivity index (χ2n) is 5.26. The monoisotopic (exact) mass is 326 g/mol. The number of nitrogens with one attached hydrogen (secondary N) is 1. The lowest BCUT2D eigenvalue weighted by atomic mass is 10.0. The van der Waals surface area contributed by atoms with Crippen molar-refractivity contribution in [3.63, 3.8) is 0 Å². The quantitative estimate of drug-likeness (QED) is 0.834. The molecule has 19 heavy (non-hydrogen) atoms. The molecule has 1 rings (SSSR count). The number of nitrogens with two attached hydrogens (primary N) is 1. The van der Waals surface area contributed by atoms with Crippen molar-refractivity contribution in [2.75, 3.05) is 5.32 Å². The van der Waals surface area contributed by atoms with Crippen molar-refractivity contribution in [1.82, 2.24) is 0 Å². The number of rotatable bonds is 6. The molecule has 0 saturated carbocycles. The Morgan fingerprint density at radius 2 is 2.05 bits per heavy atom. The van der Waals surface area contributed by atoms with E-state index in [4.69, 9.17) is 5.73 Å². The van der Waals surface area contributed by atoms with Crippen molar-refractivity contribution in [3.05, 3.63) is 28.2 Å². The number of carbonyl (C=O) groups is 1. The molecular formula is C15H23BrN2O. The molecule has 1 aromatic carbocycles. The van der Waals surface area contributed by atoms with Crippen LogP contribution in [0.1, 0.15) is 38.7 Å². The second-order valence-corrected chi connectivity index (χ2v) is 6.12. The number of hydrogen-bond donors (Lipinski definition) is 2. The minimum absolute atomic E-state index is 0.0128. The summed E-state index contributed by atoms with van der Waals surface area (Å²) < 4.78 is 1.01. The van der Waals surface area contributed by atoms with Gasteiger partial charge in [-0.3, -0.25) is 4.79 Å². The molecule has 1 aromatic rings. The topological polar surface area (TPSA) is 55.1 Å². The molecule has 3 nitrogen and oxygen atoms in total. The van der Waals surface area contributed by atoms with E-state index in [0.29, 0.717) is 0 Å². The zero-order valence-corrected chi connectivity index (χ0v) is 13.5. The molecule has 0 heterocycles. The van der Waals surface area contributed by atoms with E-state index >= 15 is 0 Å². The highest BCUT2D eigenvalue weighted by Gasteiger charge is 2.13. The molecule has 2 atom stereocenters. The Labute approximate surface area is 124 Å². The molecule has 0 bridgehead atoms. The lowest BCUT2D eigenvalue weighted by Crippen LogP contribution is -2.21. The number of halogens is 1. The average Bonchev–Trinajstić information content (AvgIpc) is 2.33. The third kappa shape index (κ3) is 5.74. The van der Waals surface area contributed by atoms with Crippen LogP contribution in [-0.4, -0.2) is 11.9 Å². The van der Waals surface area contributed by atoms with Crippen molar-refractivity contribution in [3.8, 4) is 0 Å². The summed E-state index contributed by atoms with van der Waals surface area (Å²) in [5, 5.41) is 2.95. The Hall–Kier alpha value is -0.870. The molecule has 0 aliphatic rings. The largest absolute Gasteiger partial charge is 0.328 e. The summed E-state index contributed by atoms with van der Waals surface area (Å²) >= 11 is 3.47. The van der Waals surface area contributed by atoms with Crippen LogP contribution >= 0.6 is 15.9 Å². The van der Waals surface area contributed by atoms with Crippen LogP contribution in [0.25, 0.3) is 0 Å². The molecule has 0 fully saturated rings. The number of amides is 1. The fourth-order valence-corrected chi connectivity index (χ4v) is 2.19. The predicted octanol–water partition coefficient (Wildman–Crippen LogP) is 3.85. The number of benzene rings is 1. The summed E-state index contributed by atoms with van der Waals surface area (Å²) in [5.41, 5.74) is 7.69. The molecule has 4 heteroatoms. The first-order valence-corrected chi connectivity index (χ1v) is 7.52. The van der Waals surface area contributed by atoms with Crippen molar-refractivity contribution in [1.29, 1.82) is 0 Å². The number of carbonyl (C=O) groups excluding carboxylic acids is 1. The van der Waals surface area contributed by atoms with Crippen LogP contribution < -0.4 is 11.1 Å². The van der Waals surface area contributed by atoms with Crippen LogP contribution in [0.3, 0.4) is 0 Å². The maximum atomic E-state index is 12.0. The molecule has 1 amide bonds. The zero-order chi connectivity index (χ0) is 14.4. The molecule has 3 N–H and O–H groups in total. The van der Waals surface area contributed by atoms with E-state index in [1.807, 2.05) is 39.0 Å². The van der Waals surface area contributed by atoms with Crippen LogP contribution in [0.15, 0.2) is 22.7 Å². The minimum Gasteiger partial charge on any atom is -0.328 e. The van der Waals surface area contributed by atoms with Gasteiger partial charge in [-0.25, -0.2) is 0 Å². The molecule has 0 radical (unpaired) electrons. The van der Waals surface area contributed by atoms with E-state index in [1.54, 1.807) is 0 Å². The number of aryl methyl sites for hydroxylation is 1. The summed E-state index contributed by atoms with van der Waals surface area (Å²) in [4.78, 5) is 12.0. The van der Waals surface area contributed by atoms with Gasteiger partial charge in [0.05, 0.1) is 0 Å². The molecule has 0 aromatic heterocycles. The van der Waals surface area contributed by atoms with Crippen LogP contribution in [0.4, 0.5) is 5.69 Å². The summed E-state index contributed by atoms with van der Waals surface area (Å²) in [6, 6.07) is 6.05. The van der Waals surface area contributed by atoms with Crippen molar-refractivity contribution < 1.29 is 4.79 Å². The first-order valence-electron chi connectivity index (χ1n) is 6.72. The fourth-order valence-electron chi connectivity index (χ4n) is 1.81. The molecule has 2 unspecified atom stereocenters. The molecule has 106 valence electrons. The highest BCUT2D eigenvalue weighted by Crippen LogP contribution is 2.21. The lowest BCUT2D eigenvalue weighted by molar-refractivity contribution is -0.119. The average molecular weight is 327 g/mol. The second kappa shape index (κ2) is 7.65. The Balaban J connectivity index is 2.47. The van der Waals surface area contributed by atoms with Crippen LogP contribution in [0, 0.1) is 12.8 Å². The maximum Gasteiger partial charge on any atom is 0.227 e. The van der Waals surface area contributed by atoms with Gasteiger partial charge in [0.25, 0.3) is 0 Å². The molecule has 0 aliphatic carbocycles. The zero-order valence-electron chi connectivity index (χ0n) is 11.9. The van der Waals surface area contributed by atoms with Crippen LogP contribution in [0.5, 0.6) is 0 Å². The number of hydrogen-bond acceptors (Lipinski definition) is 2. The van der Waals surface area contributed by atoms with Gasteiger partial charge in [-0.1, -0.05) is 35.3 Å². The van der Waals surface area contributed by atoms with Gasteiger partial charge < -0.3 is 11.1 Å². The summed E-state index contributed by atoms with van der Waals surface area (Å²) in [7, 11) is 0. The van der Waals surface area contributed by atoms with Gasteiger partial charge in [-0.2, -0.15) is 0 Å². The SMILES string of the molecule is Cc1ccc(NC(=O)C(C)CCCC(C)N)cc1Br.